The third-order valence-corrected chi connectivity index (χ3v) is 3.99. The summed E-state index contributed by atoms with van der Waals surface area (Å²) >= 11 is 5.30. The third kappa shape index (κ3) is 4.64. The Labute approximate surface area is 159 Å². The van der Waals surface area contributed by atoms with Gasteiger partial charge in [-0.15, -0.1) is 0 Å². The maximum absolute atomic E-state index is 5.37. The maximum Gasteiger partial charge on any atom is 0.203 e. The number of thiocarbonyl (C=S) groups is 1. The molecule has 138 valence electrons. The number of rotatable bonds is 6. The molecular weight excluding hydrogens is 350 g/mol. The predicted octanol–water partition coefficient (Wildman–Crippen LogP) is 3.73. The summed E-state index contributed by atoms with van der Waals surface area (Å²) in [6, 6.07) is 11.6. The first-order chi connectivity index (χ1) is 12.5. The first-order valence-electron chi connectivity index (χ1n) is 7.97. The molecule has 0 amide bonds. The second kappa shape index (κ2) is 9.05. The molecule has 2 rings (SSSR count). The molecule has 0 aromatic heterocycles. The zero-order valence-corrected chi connectivity index (χ0v) is 16.4. The summed E-state index contributed by atoms with van der Waals surface area (Å²) in [6.45, 7) is 3.87. The summed E-state index contributed by atoms with van der Waals surface area (Å²) in [4.78, 5) is 0. The zero-order chi connectivity index (χ0) is 19.1. The van der Waals surface area contributed by atoms with Crippen LogP contribution in [0, 0.1) is 6.92 Å². The molecule has 0 aliphatic rings. The number of para-hydroxylation sites is 1. The Morgan fingerprint density at radius 1 is 1.00 bits per heavy atom. The molecule has 0 spiro atoms. The maximum atomic E-state index is 5.37. The average molecular weight is 373 g/mol. The predicted molar refractivity (Wildman–Crippen MR) is 109 cm³/mol. The highest BCUT2D eigenvalue weighted by atomic mass is 32.1. The van der Waals surface area contributed by atoms with Gasteiger partial charge in [0.2, 0.25) is 5.75 Å². The normalized spacial score (nSPS) is 10.9. The van der Waals surface area contributed by atoms with Gasteiger partial charge in [0.15, 0.2) is 16.6 Å². The fourth-order valence-electron chi connectivity index (χ4n) is 2.35. The van der Waals surface area contributed by atoms with E-state index in [1.807, 2.05) is 50.2 Å². The molecule has 0 saturated heterocycles. The Morgan fingerprint density at radius 3 is 2.15 bits per heavy atom. The summed E-state index contributed by atoms with van der Waals surface area (Å²) in [6.07, 6.45) is 0. The van der Waals surface area contributed by atoms with Gasteiger partial charge >= 0.3 is 0 Å². The van der Waals surface area contributed by atoms with E-state index in [4.69, 9.17) is 26.4 Å². The van der Waals surface area contributed by atoms with E-state index >= 15 is 0 Å². The van der Waals surface area contributed by atoms with E-state index in [1.54, 1.807) is 21.3 Å². The van der Waals surface area contributed by atoms with Crippen molar-refractivity contribution in [1.29, 1.82) is 0 Å². The van der Waals surface area contributed by atoms with E-state index in [0.717, 1.165) is 22.5 Å². The van der Waals surface area contributed by atoms with E-state index in [-0.39, 0.29) is 0 Å². The Bertz CT molecular complexity index is 796. The Kier molecular flexibility index (Phi) is 6.80. The fraction of sp³-hybridized carbons (Fsp3) is 0.263. The van der Waals surface area contributed by atoms with Crippen molar-refractivity contribution >= 4 is 28.7 Å². The second-order valence-corrected chi connectivity index (χ2v) is 5.90. The minimum atomic E-state index is 0.408. The molecule has 0 fully saturated rings. The first kappa shape index (κ1) is 19.5. The van der Waals surface area contributed by atoms with Gasteiger partial charge in [-0.1, -0.05) is 18.2 Å². The largest absolute Gasteiger partial charge is 0.493 e. The number of anilines is 1. The standard InChI is InChI=1S/C19H23N3O3S/c1-12-8-6-7-9-15(12)20-19(26)22-21-13(2)14-10-16(23-3)18(25-5)17(11-14)24-4/h6-11H,1-5H3,(H2,20,22,26). The second-order valence-electron chi connectivity index (χ2n) is 5.49. The van der Waals surface area contributed by atoms with Crippen molar-refractivity contribution in [3.63, 3.8) is 0 Å². The van der Waals surface area contributed by atoms with Crippen LogP contribution in [-0.2, 0) is 0 Å². The van der Waals surface area contributed by atoms with E-state index < -0.39 is 0 Å². The lowest BCUT2D eigenvalue weighted by atomic mass is 10.1. The van der Waals surface area contributed by atoms with Gasteiger partial charge in [-0.2, -0.15) is 5.10 Å². The van der Waals surface area contributed by atoms with Gasteiger partial charge in [-0.25, -0.2) is 0 Å². The van der Waals surface area contributed by atoms with Crippen LogP contribution in [0.5, 0.6) is 17.2 Å². The molecule has 0 bridgehead atoms. The van der Waals surface area contributed by atoms with Crippen LogP contribution in [0.3, 0.4) is 0 Å². The lowest BCUT2D eigenvalue weighted by molar-refractivity contribution is 0.324. The van der Waals surface area contributed by atoms with Gasteiger partial charge in [-0.05, 0) is 49.8 Å². The van der Waals surface area contributed by atoms with Crippen LogP contribution in [0.1, 0.15) is 18.1 Å². The molecule has 2 aromatic rings. The number of nitrogens with zero attached hydrogens (tertiary/aromatic N) is 1. The molecule has 0 aliphatic heterocycles. The van der Waals surface area contributed by atoms with Crippen LogP contribution < -0.4 is 25.0 Å². The molecule has 0 unspecified atom stereocenters. The number of methoxy groups -OCH3 is 3. The van der Waals surface area contributed by atoms with Gasteiger partial charge in [0.25, 0.3) is 0 Å². The Balaban J connectivity index is 2.16. The van der Waals surface area contributed by atoms with Crippen molar-refractivity contribution in [3.05, 3.63) is 47.5 Å². The van der Waals surface area contributed by atoms with Crippen LogP contribution in [0.4, 0.5) is 5.69 Å². The summed E-state index contributed by atoms with van der Waals surface area (Å²) in [5.41, 5.74) is 6.44. The van der Waals surface area contributed by atoms with Crippen molar-refractivity contribution in [3.8, 4) is 17.2 Å². The molecule has 0 saturated carbocycles. The summed E-state index contributed by atoms with van der Waals surface area (Å²) in [5.74, 6) is 1.67. The van der Waals surface area contributed by atoms with Crippen molar-refractivity contribution in [1.82, 2.24) is 5.43 Å². The van der Waals surface area contributed by atoms with Crippen LogP contribution >= 0.6 is 12.2 Å². The molecule has 6 nitrogen and oxygen atoms in total. The molecule has 2 N–H and O–H groups in total. The SMILES string of the molecule is COc1cc(C(C)=NNC(=S)Nc2ccccc2C)cc(OC)c1OC. The zero-order valence-electron chi connectivity index (χ0n) is 15.5. The topological polar surface area (TPSA) is 64.1 Å². The molecule has 0 heterocycles. The van der Waals surface area contributed by atoms with Crippen LogP contribution in [-0.4, -0.2) is 32.2 Å². The number of aryl methyl sites for hydroxylation is 1. The summed E-state index contributed by atoms with van der Waals surface area (Å²) in [5, 5.41) is 7.87. The minimum Gasteiger partial charge on any atom is -0.493 e. The highest BCUT2D eigenvalue weighted by Gasteiger charge is 2.14. The summed E-state index contributed by atoms with van der Waals surface area (Å²) < 4.78 is 16.1. The molecule has 2 aromatic carbocycles. The van der Waals surface area contributed by atoms with Gasteiger partial charge in [-0.3, -0.25) is 5.43 Å². The number of nitrogens with one attached hydrogen (secondary N) is 2. The number of ether oxygens (including phenoxy) is 3. The van der Waals surface area contributed by atoms with Crippen molar-refractivity contribution < 1.29 is 14.2 Å². The number of hydrazone groups is 1. The van der Waals surface area contributed by atoms with E-state index in [0.29, 0.717) is 22.4 Å². The lowest BCUT2D eigenvalue weighted by Crippen LogP contribution is -2.25. The van der Waals surface area contributed by atoms with Gasteiger partial charge in [0, 0.05) is 11.3 Å². The number of hydrogen-bond donors (Lipinski definition) is 2. The van der Waals surface area contributed by atoms with Crippen molar-refractivity contribution in [2.75, 3.05) is 26.6 Å². The van der Waals surface area contributed by atoms with Crippen LogP contribution in [0.25, 0.3) is 0 Å². The lowest BCUT2D eigenvalue weighted by Gasteiger charge is -2.14. The van der Waals surface area contributed by atoms with Crippen LogP contribution in [0.2, 0.25) is 0 Å². The average Bonchev–Trinajstić information content (AvgIpc) is 2.66. The number of hydrogen-bond acceptors (Lipinski definition) is 5. The monoisotopic (exact) mass is 373 g/mol. The van der Waals surface area contributed by atoms with E-state index in [2.05, 4.69) is 15.8 Å². The van der Waals surface area contributed by atoms with Crippen molar-refractivity contribution in [2.24, 2.45) is 5.10 Å². The van der Waals surface area contributed by atoms with Gasteiger partial charge < -0.3 is 19.5 Å². The Hall–Kier alpha value is -2.80. The van der Waals surface area contributed by atoms with Crippen LogP contribution in [0.15, 0.2) is 41.5 Å². The van der Waals surface area contributed by atoms with Crippen molar-refractivity contribution in [2.45, 2.75) is 13.8 Å². The van der Waals surface area contributed by atoms with E-state index in [9.17, 15) is 0 Å². The molecule has 0 atom stereocenters. The fourth-order valence-corrected chi connectivity index (χ4v) is 2.51. The summed E-state index contributed by atoms with van der Waals surface area (Å²) in [7, 11) is 4.72. The highest BCUT2D eigenvalue weighted by molar-refractivity contribution is 7.80. The first-order valence-corrected chi connectivity index (χ1v) is 8.38. The number of benzene rings is 2. The molecule has 0 radical (unpaired) electrons. The molecular formula is C19H23N3O3S. The highest BCUT2D eigenvalue weighted by Crippen LogP contribution is 2.38. The van der Waals surface area contributed by atoms with Gasteiger partial charge in [0.1, 0.15) is 0 Å². The quantitative estimate of drug-likeness (QED) is 0.457. The molecule has 7 heteroatoms. The smallest absolute Gasteiger partial charge is 0.203 e. The minimum absolute atomic E-state index is 0.408. The molecule has 26 heavy (non-hydrogen) atoms. The van der Waals surface area contributed by atoms with E-state index in [1.165, 1.54) is 0 Å². The Morgan fingerprint density at radius 2 is 1.62 bits per heavy atom. The van der Waals surface area contributed by atoms with Gasteiger partial charge in [0.05, 0.1) is 27.0 Å². The third-order valence-electron chi connectivity index (χ3n) is 3.80. The molecule has 0 aliphatic carbocycles.